The van der Waals surface area contributed by atoms with Crippen LogP contribution in [0.3, 0.4) is 0 Å². The summed E-state index contributed by atoms with van der Waals surface area (Å²) in [5.41, 5.74) is 0.726. The monoisotopic (exact) mass is 221 g/mol. The zero-order valence-electron chi connectivity index (χ0n) is 7.74. The molecule has 15 heavy (non-hydrogen) atoms. The van der Waals surface area contributed by atoms with Crippen molar-refractivity contribution in [3.8, 4) is 0 Å². The van der Waals surface area contributed by atoms with Gasteiger partial charge in [0.2, 0.25) is 5.78 Å². The molecule has 1 aliphatic rings. The molecule has 1 unspecified atom stereocenters. The predicted octanol–water partition coefficient (Wildman–Crippen LogP) is 1.74. The fourth-order valence-electron chi connectivity index (χ4n) is 1.38. The molecule has 0 saturated carbocycles. The molecular formula is C11H8ClNO2. The van der Waals surface area contributed by atoms with Crippen LogP contribution in [0.5, 0.6) is 0 Å². The lowest BCUT2D eigenvalue weighted by Crippen LogP contribution is -2.31. The first kappa shape index (κ1) is 9.93. The minimum atomic E-state index is -0.861. The molecule has 0 bridgehead atoms. The molecule has 1 N–H and O–H groups in total. The molecule has 0 fully saturated rings. The van der Waals surface area contributed by atoms with Crippen molar-refractivity contribution in [3.05, 3.63) is 41.4 Å². The molecule has 4 heteroatoms. The van der Waals surface area contributed by atoms with Crippen molar-refractivity contribution in [2.75, 3.05) is 5.32 Å². The Morgan fingerprint density at radius 2 is 1.80 bits per heavy atom. The molecule has 0 amide bonds. The number of Topliss-reactive ketones (excluding diaryl/α,β-unsaturated/α-hetero) is 1. The lowest BCUT2D eigenvalue weighted by atomic mass is 10.2. The molecule has 0 spiro atoms. The number of hydrogen-bond acceptors (Lipinski definition) is 3. The summed E-state index contributed by atoms with van der Waals surface area (Å²) in [6.07, 6.45) is 1.16. The van der Waals surface area contributed by atoms with Crippen LogP contribution in [0.1, 0.15) is 0 Å². The van der Waals surface area contributed by atoms with Gasteiger partial charge in [-0.25, -0.2) is 0 Å². The van der Waals surface area contributed by atoms with Crippen molar-refractivity contribution in [2.24, 2.45) is 0 Å². The average Bonchev–Trinajstić information content (AvgIpc) is 2.47. The minimum Gasteiger partial charge on any atom is -0.369 e. The van der Waals surface area contributed by atoms with Crippen molar-refractivity contribution in [2.45, 2.75) is 6.04 Å². The van der Waals surface area contributed by atoms with E-state index in [1.165, 1.54) is 0 Å². The van der Waals surface area contributed by atoms with Crippen LogP contribution in [0, 0.1) is 0 Å². The maximum absolute atomic E-state index is 11.4. The summed E-state index contributed by atoms with van der Waals surface area (Å²) in [4.78, 5) is 22.8. The van der Waals surface area contributed by atoms with E-state index in [9.17, 15) is 9.59 Å². The first-order chi connectivity index (χ1) is 7.18. The van der Waals surface area contributed by atoms with Crippen LogP contribution in [-0.2, 0) is 9.59 Å². The fraction of sp³-hybridized carbons (Fsp3) is 0.0909. The summed E-state index contributed by atoms with van der Waals surface area (Å²) < 4.78 is 0. The van der Waals surface area contributed by atoms with Crippen LogP contribution in [0.2, 0.25) is 0 Å². The van der Waals surface area contributed by atoms with Gasteiger partial charge in [-0.15, -0.1) is 0 Å². The number of carbonyl (C=O) groups excluding carboxylic acids is 2. The van der Waals surface area contributed by atoms with Crippen molar-refractivity contribution in [1.82, 2.24) is 0 Å². The third-order valence-corrected chi connectivity index (χ3v) is 2.43. The summed E-state index contributed by atoms with van der Waals surface area (Å²) >= 11 is 5.57. The van der Waals surface area contributed by atoms with Crippen molar-refractivity contribution in [3.63, 3.8) is 0 Å². The zero-order chi connectivity index (χ0) is 10.8. The number of carbonyl (C=O) groups is 2. The van der Waals surface area contributed by atoms with Crippen LogP contribution < -0.4 is 5.32 Å². The fourth-order valence-corrected chi connectivity index (χ4v) is 1.60. The van der Waals surface area contributed by atoms with E-state index < -0.39 is 6.04 Å². The molecule has 0 saturated heterocycles. The average molecular weight is 222 g/mol. The first-order valence-electron chi connectivity index (χ1n) is 4.45. The van der Waals surface area contributed by atoms with Gasteiger partial charge in [0.1, 0.15) is 0 Å². The molecule has 0 aliphatic heterocycles. The number of nitrogens with one attached hydrogen (secondary N) is 1. The largest absolute Gasteiger partial charge is 0.369 e. The van der Waals surface area contributed by atoms with Gasteiger partial charge in [0.25, 0.3) is 0 Å². The van der Waals surface area contributed by atoms with Crippen LogP contribution in [0.25, 0.3) is 0 Å². The van der Waals surface area contributed by atoms with E-state index >= 15 is 0 Å². The molecule has 0 aromatic heterocycles. The van der Waals surface area contributed by atoms with Gasteiger partial charge in [-0.1, -0.05) is 29.8 Å². The predicted molar refractivity (Wildman–Crippen MR) is 57.8 cm³/mol. The highest BCUT2D eigenvalue weighted by molar-refractivity contribution is 6.50. The maximum atomic E-state index is 11.4. The lowest BCUT2D eigenvalue weighted by Gasteiger charge is -2.10. The summed E-state index contributed by atoms with van der Waals surface area (Å²) in [5.74, 6) is -0.667. The number of rotatable bonds is 2. The second kappa shape index (κ2) is 3.87. The molecule has 1 atom stereocenters. The summed E-state index contributed by atoms with van der Waals surface area (Å²) in [6.45, 7) is 0. The first-order valence-corrected chi connectivity index (χ1v) is 4.83. The highest BCUT2D eigenvalue weighted by Crippen LogP contribution is 2.19. The highest BCUT2D eigenvalue weighted by atomic mass is 35.5. The number of para-hydroxylation sites is 1. The molecule has 76 valence electrons. The van der Waals surface area contributed by atoms with Crippen LogP contribution in [0.4, 0.5) is 5.69 Å². The quantitative estimate of drug-likeness (QED) is 0.774. The second-order valence-electron chi connectivity index (χ2n) is 3.20. The number of ketones is 2. The van der Waals surface area contributed by atoms with Crippen molar-refractivity contribution < 1.29 is 9.59 Å². The van der Waals surface area contributed by atoms with E-state index in [0.717, 1.165) is 11.8 Å². The van der Waals surface area contributed by atoms with Crippen LogP contribution >= 0.6 is 11.6 Å². The van der Waals surface area contributed by atoms with Gasteiger partial charge in [-0.2, -0.15) is 0 Å². The number of benzene rings is 1. The van der Waals surface area contributed by atoms with E-state index in [2.05, 4.69) is 5.32 Å². The van der Waals surface area contributed by atoms with Crippen LogP contribution in [-0.4, -0.2) is 17.6 Å². The summed E-state index contributed by atoms with van der Waals surface area (Å²) in [5, 5.41) is 2.83. The molecule has 1 aromatic carbocycles. The lowest BCUT2D eigenvalue weighted by molar-refractivity contribution is -0.121. The maximum Gasteiger partial charge on any atom is 0.204 e. The summed E-state index contributed by atoms with van der Waals surface area (Å²) in [6, 6.07) is 8.21. The Kier molecular flexibility index (Phi) is 2.56. The molecular weight excluding hydrogens is 214 g/mol. The zero-order valence-corrected chi connectivity index (χ0v) is 8.49. The molecule has 2 rings (SSSR count). The Balaban J connectivity index is 2.15. The Labute approximate surface area is 91.7 Å². The van der Waals surface area contributed by atoms with Gasteiger partial charge >= 0.3 is 0 Å². The van der Waals surface area contributed by atoms with E-state index in [-0.39, 0.29) is 16.6 Å². The van der Waals surface area contributed by atoms with Gasteiger partial charge in [0, 0.05) is 11.8 Å². The smallest absolute Gasteiger partial charge is 0.204 e. The third-order valence-electron chi connectivity index (χ3n) is 2.14. The third kappa shape index (κ3) is 1.92. The van der Waals surface area contributed by atoms with E-state index in [0.29, 0.717) is 0 Å². The van der Waals surface area contributed by atoms with E-state index in [1.54, 1.807) is 12.1 Å². The van der Waals surface area contributed by atoms with Gasteiger partial charge < -0.3 is 5.32 Å². The van der Waals surface area contributed by atoms with E-state index in [1.807, 2.05) is 18.2 Å². The van der Waals surface area contributed by atoms with Gasteiger partial charge in [-0.05, 0) is 12.1 Å². The van der Waals surface area contributed by atoms with Gasteiger partial charge in [-0.3, -0.25) is 9.59 Å². The Morgan fingerprint density at radius 1 is 1.13 bits per heavy atom. The molecule has 0 radical (unpaired) electrons. The van der Waals surface area contributed by atoms with Gasteiger partial charge in [0.15, 0.2) is 11.8 Å². The van der Waals surface area contributed by atoms with Crippen LogP contribution in [0.15, 0.2) is 41.4 Å². The van der Waals surface area contributed by atoms with Gasteiger partial charge in [0.05, 0.1) is 5.03 Å². The molecule has 0 heterocycles. The topological polar surface area (TPSA) is 46.2 Å². The molecule has 3 nitrogen and oxygen atoms in total. The standard InChI is InChI=1S/C11H8ClNO2/c12-8-6-9(14)10(11(8)15)13-7-4-2-1-3-5-7/h1-6,10,13H. The number of anilines is 1. The Bertz CT molecular complexity index is 439. The summed E-state index contributed by atoms with van der Waals surface area (Å²) in [7, 11) is 0. The van der Waals surface area contributed by atoms with Crippen molar-refractivity contribution >= 4 is 28.9 Å². The second-order valence-corrected chi connectivity index (χ2v) is 3.61. The Morgan fingerprint density at radius 3 is 2.33 bits per heavy atom. The SMILES string of the molecule is O=C1C=C(Cl)C(=O)C1Nc1ccccc1. The number of hydrogen-bond donors (Lipinski definition) is 1. The highest BCUT2D eigenvalue weighted by Gasteiger charge is 2.33. The number of halogens is 1. The molecule has 1 aliphatic carbocycles. The minimum absolute atomic E-state index is 0.00608. The van der Waals surface area contributed by atoms with E-state index in [4.69, 9.17) is 11.6 Å². The normalized spacial score (nSPS) is 20.3. The Hall–Kier alpha value is -1.61. The molecule has 1 aromatic rings. The van der Waals surface area contributed by atoms with Crippen molar-refractivity contribution in [1.29, 1.82) is 0 Å².